The Morgan fingerprint density at radius 1 is 0.737 bits per heavy atom. The third-order valence-corrected chi connectivity index (χ3v) is 5.55. The second-order valence-corrected chi connectivity index (χ2v) is 6.79. The van der Waals surface area contributed by atoms with Gasteiger partial charge in [-0.1, -0.05) is 26.2 Å². The lowest BCUT2D eigenvalue weighted by atomic mass is 9.68. The first kappa shape index (κ1) is 15.2. The first-order valence-corrected chi connectivity index (χ1v) is 8.04. The van der Waals surface area contributed by atoms with Gasteiger partial charge < -0.3 is 0 Å². The molecule has 0 unspecified atom stereocenters. The molecule has 2 saturated carbocycles. The van der Waals surface area contributed by atoms with Crippen LogP contribution in [0.5, 0.6) is 0 Å². The Bertz CT molecular complexity index is 256. The summed E-state index contributed by atoms with van der Waals surface area (Å²) in [4.78, 5) is 0. The Labute approximate surface area is 115 Å². The van der Waals surface area contributed by atoms with Gasteiger partial charge in [-0.25, -0.2) is 0 Å². The van der Waals surface area contributed by atoms with E-state index in [2.05, 4.69) is 6.92 Å². The summed E-state index contributed by atoms with van der Waals surface area (Å²) in [6.07, 6.45) is 5.83. The summed E-state index contributed by atoms with van der Waals surface area (Å²) in [7, 11) is 0. The molecule has 0 N–H and O–H groups in total. The van der Waals surface area contributed by atoms with E-state index in [9.17, 15) is 13.2 Å². The van der Waals surface area contributed by atoms with Gasteiger partial charge in [0.05, 0.1) is 0 Å². The zero-order valence-electron chi connectivity index (χ0n) is 12.0. The highest BCUT2D eigenvalue weighted by molar-refractivity contribution is 4.82. The Morgan fingerprint density at radius 3 is 1.53 bits per heavy atom. The number of hydrogen-bond acceptors (Lipinski definition) is 0. The lowest BCUT2D eigenvalue weighted by molar-refractivity contribution is -0.147. The number of rotatable bonds is 3. The summed E-state index contributed by atoms with van der Waals surface area (Å²) >= 11 is 0. The summed E-state index contributed by atoms with van der Waals surface area (Å²) in [5, 5.41) is 0. The van der Waals surface area contributed by atoms with E-state index in [1.807, 2.05) is 0 Å². The van der Waals surface area contributed by atoms with Crippen molar-refractivity contribution in [2.45, 2.75) is 77.3 Å². The zero-order chi connectivity index (χ0) is 13.9. The van der Waals surface area contributed by atoms with Gasteiger partial charge in [0.15, 0.2) is 0 Å². The predicted octanol–water partition coefficient (Wildman–Crippen LogP) is 5.96. The standard InChI is InChI=1S/C16H27F3/c1-2-12-3-7-14(8-4-12)15-9-5-13(6-10-15)11-16(17,18)19/h12-15H,2-11H2,1H3/t12-,13-,14-,15-. The number of alkyl halides is 3. The van der Waals surface area contributed by atoms with Crippen molar-refractivity contribution in [1.82, 2.24) is 0 Å². The lowest BCUT2D eigenvalue weighted by Crippen LogP contribution is -2.27. The Balaban J connectivity index is 1.72. The largest absolute Gasteiger partial charge is 0.389 e. The maximum absolute atomic E-state index is 12.4. The van der Waals surface area contributed by atoms with Crippen LogP contribution in [0.25, 0.3) is 0 Å². The Morgan fingerprint density at radius 2 is 1.16 bits per heavy atom. The minimum absolute atomic E-state index is 0.0942. The number of halogens is 3. The van der Waals surface area contributed by atoms with Gasteiger partial charge >= 0.3 is 6.18 Å². The molecule has 2 rings (SSSR count). The van der Waals surface area contributed by atoms with Crippen molar-refractivity contribution in [1.29, 1.82) is 0 Å². The normalized spacial score (nSPS) is 37.3. The average Bonchev–Trinajstić information content (AvgIpc) is 2.38. The van der Waals surface area contributed by atoms with Crippen LogP contribution in [-0.2, 0) is 0 Å². The summed E-state index contributed by atoms with van der Waals surface area (Å²) in [6.45, 7) is 2.27. The van der Waals surface area contributed by atoms with Crippen molar-refractivity contribution in [2.75, 3.05) is 0 Å². The molecule has 2 aliphatic rings. The van der Waals surface area contributed by atoms with E-state index in [4.69, 9.17) is 0 Å². The molecule has 0 nitrogen and oxygen atoms in total. The maximum Gasteiger partial charge on any atom is 0.389 e. The second kappa shape index (κ2) is 6.49. The smallest absolute Gasteiger partial charge is 0.171 e. The molecule has 0 amide bonds. The summed E-state index contributed by atoms with van der Waals surface area (Å²) in [5.74, 6) is 2.36. The molecule has 2 aliphatic carbocycles. The molecule has 0 aliphatic heterocycles. The molecule has 112 valence electrons. The number of hydrogen-bond donors (Lipinski definition) is 0. The van der Waals surface area contributed by atoms with Crippen LogP contribution in [0.15, 0.2) is 0 Å². The molecule has 0 saturated heterocycles. The first-order valence-electron chi connectivity index (χ1n) is 8.04. The highest BCUT2D eigenvalue weighted by Gasteiger charge is 2.36. The van der Waals surface area contributed by atoms with Gasteiger partial charge in [-0.2, -0.15) is 13.2 Å². The minimum Gasteiger partial charge on any atom is -0.171 e. The fraction of sp³-hybridized carbons (Fsp3) is 1.00. The third-order valence-electron chi connectivity index (χ3n) is 5.55. The SMILES string of the molecule is CC[C@H]1CC[C@H]([C@H]2CC[C@H](CC(F)(F)F)CC2)CC1. The highest BCUT2D eigenvalue weighted by Crippen LogP contribution is 2.43. The van der Waals surface area contributed by atoms with Crippen molar-refractivity contribution in [3.05, 3.63) is 0 Å². The zero-order valence-corrected chi connectivity index (χ0v) is 12.0. The third kappa shape index (κ3) is 4.68. The topological polar surface area (TPSA) is 0 Å². The Kier molecular flexibility index (Phi) is 5.19. The fourth-order valence-electron chi connectivity index (χ4n) is 4.26. The van der Waals surface area contributed by atoms with E-state index < -0.39 is 12.6 Å². The molecule has 0 atom stereocenters. The van der Waals surface area contributed by atoms with Gasteiger partial charge in [-0.15, -0.1) is 0 Å². The molecule has 19 heavy (non-hydrogen) atoms. The molecule has 0 aromatic carbocycles. The van der Waals surface area contributed by atoms with E-state index in [1.165, 1.54) is 32.1 Å². The van der Waals surface area contributed by atoms with E-state index in [0.717, 1.165) is 43.4 Å². The predicted molar refractivity (Wildman–Crippen MR) is 71.9 cm³/mol. The second-order valence-electron chi connectivity index (χ2n) is 6.79. The summed E-state index contributed by atoms with van der Waals surface area (Å²) in [5.41, 5.74) is 0. The molecule has 0 heterocycles. The van der Waals surface area contributed by atoms with Crippen LogP contribution < -0.4 is 0 Å². The van der Waals surface area contributed by atoms with Crippen LogP contribution in [0.2, 0.25) is 0 Å². The molecule has 0 aromatic heterocycles. The van der Waals surface area contributed by atoms with Gasteiger partial charge in [-0.05, 0) is 62.2 Å². The van der Waals surface area contributed by atoms with Crippen LogP contribution in [0.3, 0.4) is 0 Å². The van der Waals surface area contributed by atoms with Gasteiger partial charge in [-0.3, -0.25) is 0 Å². The van der Waals surface area contributed by atoms with E-state index in [1.54, 1.807) is 0 Å². The van der Waals surface area contributed by atoms with Crippen LogP contribution >= 0.6 is 0 Å². The van der Waals surface area contributed by atoms with Gasteiger partial charge in [0.2, 0.25) is 0 Å². The molecule has 0 radical (unpaired) electrons. The van der Waals surface area contributed by atoms with Crippen LogP contribution in [0.1, 0.15) is 71.1 Å². The summed E-state index contributed by atoms with van der Waals surface area (Å²) in [6, 6.07) is 0. The average molecular weight is 276 g/mol. The lowest BCUT2D eigenvalue weighted by Gasteiger charge is -2.37. The summed E-state index contributed by atoms with van der Waals surface area (Å²) < 4.78 is 37.1. The van der Waals surface area contributed by atoms with Crippen molar-refractivity contribution in [3.63, 3.8) is 0 Å². The van der Waals surface area contributed by atoms with E-state index in [0.29, 0.717) is 0 Å². The molecule has 0 bridgehead atoms. The fourth-order valence-corrected chi connectivity index (χ4v) is 4.26. The van der Waals surface area contributed by atoms with Crippen LogP contribution in [0.4, 0.5) is 13.2 Å². The Hall–Kier alpha value is -0.210. The van der Waals surface area contributed by atoms with Gasteiger partial charge in [0.1, 0.15) is 0 Å². The first-order chi connectivity index (χ1) is 8.98. The maximum atomic E-state index is 12.4. The molecular weight excluding hydrogens is 249 g/mol. The van der Waals surface area contributed by atoms with Crippen LogP contribution in [-0.4, -0.2) is 6.18 Å². The van der Waals surface area contributed by atoms with Crippen molar-refractivity contribution in [2.24, 2.45) is 23.7 Å². The van der Waals surface area contributed by atoms with E-state index >= 15 is 0 Å². The quantitative estimate of drug-likeness (QED) is 0.596. The van der Waals surface area contributed by atoms with Crippen molar-refractivity contribution < 1.29 is 13.2 Å². The van der Waals surface area contributed by atoms with Crippen molar-refractivity contribution in [3.8, 4) is 0 Å². The molecular formula is C16H27F3. The van der Waals surface area contributed by atoms with Gasteiger partial charge in [0.25, 0.3) is 0 Å². The van der Waals surface area contributed by atoms with Gasteiger partial charge in [0, 0.05) is 6.42 Å². The molecule has 0 spiro atoms. The minimum atomic E-state index is -3.96. The monoisotopic (exact) mass is 276 g/mol. The van der Waals surface area contributed by atoms with Crippen molar-refractivity contribution >= 4 is 0 Å². The molecule has 0 aromatic rings. The van der Waals surface area contributed by atoms with E-state index in [-0.39, 0.29) is 5.92 Å². The molecule has 2 fully saturated rings. The van der Waals surface area contributed by atoms with Crippen LogP contribution in [0, 0.1) is 23.7 Å². The highest BCUT2D eigenvalue weighted by atomic mass is 19.4. The molecule has 3 heteroatoms.